The molecule has 1 fully saturated rings. The van der Waals surface area contributed by atoms with Gasteiger partial charge in [-0.15, -0.1) is 11.3 Å². The number of rotatable bonds is 3. The fraction of sp³-hybridized carbons (Fsp3) is 0.389. The average molecular weight is 420 g/mol. The van der Waals surface area contributed by atoms with Gasteiger partial charge in [-0.3, -0.25) is 9.59 Å². The Labute approximate surface area is 158 Å². The van der Waals surface area contributed by atoms with E-state index in [9.17, 15) is 9.59 Å². The number of amides is 2. The number of carbonyl (C=O) groups excluding carboxylic acids is 2. The minimum Gasteiger partial charge on any atom is -0.343 e. The van der Waals surface area contributed by atoms with Crippen LogP contribution in [0.15, 0.2) is 28.1 Å². The summed E-state index contributed by atoms with van der Waals surface area (Å²) in [5.74, 6) is -0.0583. The minimum absolute atomic E-state index is 0.0516. The van der Waals surface area contributed by atoms with E-state index in [2.05, 4.69) is 27.0 Å². The summed E-state index contributed by atoms with van der Waals surface area (Å²) in [6.45, 7) is 1.19. The highest BCUT2D eigenvalue weighted by molar-refractivity contribution is 9.10. The van der Waals surface area contributed by atoms with E-state index in [-0.39, 0.29) is 17.2 Å². The molecule has 1 aliphatic carbocycles. The number of carbonyl (C=O) groups is 2. The van der Waals surface area contributed by atoms with Crippen molar-refractivity contribution in [2.75, 3.05) is 20.6 Å². The Kier molecular flexibility index (Phi) is 3.96. The molecule has 1 saturated carbocycles. The van der Waals surface area contributed by atoms with Gasteiger partial charge in [0.15, 0.2) is 0 Å². The van der Waals surface area contributed by atoms with Crippen LogP contribution in [-0.2, 0) is 12.0 Å². The molecule has 0 unspecified atom stereocenters. The van der Waals surface area contributed by atoms with Crippen LogP contribution in [-0.4, -0.2) is 47.2 Å². The summed E-state index contributed by atoms with van der Waals surface area (Å²) in [6, 6.07) is 5.93. The number of halogens is 1. The molecule has 1 aromatic heterocycles. The third kappa shape index (κ3) is 2.89. The molecule has 1 spiro atoms. The summed E-state index contributed by atoms with van der Waals surface area (Å²) >= 11 is 4.95. The van der Waals surface area contributed by atoms with Crippen molar-refractivity contribution in [2.24, 2.45) is 0 Å². The fourth-order valence-corrected chi connectivity index (χ4v) is 4.56. The number of hydrogen-bond donors (Lipinski definition) is 0. The lowest BCUT2D eigenvalue weighted by Crippen LogP contribution is -2.42. The number of aromatic nitrogens is 1. The van der Waals surface area contributed by atoms with E-state index >= 15 is 0 Å². The molecule has 0 N–H and O–H groups in total. The molecule has 5 nitrogen and oxygen atoms in total. The Bertz CT molecular complexity index is 873. The van der Waals surface area contributed by atoms with Crippen LogP contribution in [0.4, 0.5) is 0 Å². The van der Waals surface area contributed by atoms with Gasteiger partial charge in [0, 0.05) is 41.5 Å². The summed E-state index contributed by atoms with van der Waals surface area (Å²) in [5.41, 5.74) is 2.52. The predicted octanol–water partition coefficient (Wildman–Crippen LogP) is 3.30. The number of thiazole rings is 1. The van der Waals surface area contributed by atoms with Crippen LogP contribution < -0.4 is 0 Å². The number of fused-ring (bicyclic) bond motifs is 2. The third-order valence-electron chi connectivity index (χ3n) is 4.92. The summed E-state index contributed by atoms with van der Waals surface area (Å²) in [7, 11) is 3.42. The van der Waals surface area contributed by atoms with Gasteiger partial charge in [0.1, 0.15) is 10.7 Å². The lowest BCUT2D eigenvalue weighted by Gasteiger charge is -2.34. The van der Waals surface area contributed by atoms with Crippen molar-refractivity contribution in [2.45, 2.75) is 24.8 Å². The van der Waals surface area contributed by atoms with Gasteiger partial charge < -0.3 is 9.80 Å². The topological polar surface area (TPSA) is 53.5 Å². The molecule has 130 valence electrons. The van der Waals surface area contributed by atoms with Crippen molar-refractivity contribution in [3.05, 3.63) is 49.9 Å². The van der Waals surface area contributed by atoms with Crippen LogP contribution >= 0.6 is 27.3 Å². The van der Waals surface area contributed by atoms with E-state index in [1.165, 1.54) is 21.8 Å². The molecule has 2 aromatic rings. The normalized spacial score (nSPS) is 17.6. The van der Waals surface area contributed by atoms with Gasteiger partial charge in [-0.1, -0.05) is 15.9 Å². The van der Waals surface area contributed by atoms with Crippen LogP contribution in [0.25, 0.3) is 0 Å². The monoisotopic (exact) mass is 419 g/mol. The van der Waals surface area contributed by atoms with E-state index in [0.29, 0.717) is 12.2 Å². The molecule has 0 radical (unpaired) electrons. The molecule has 7 heteroatoms. The lowest BCUT2D eigenvalue weighted by atomic mass is 9.86. The van der Waals surface area contributed by atoms with Gasteiger partial charge in [0.2, 0.25) is 0 Å². The number of benzene rings is 1. The minimum atomic E-state index is -0.110. The smallest absolute Gasteiger partial charge is 0.272 e. The zero-order valence-electron chi connectivity index (χ0n) is 14.1. The zero-order valence-corrected chi connectivity index (χ0v) is 16.5. The zero-order chi connectivity index (χ0) is 17.8. The highest BCUT2D eigenvalue weighted by Gasteiger charge is 2.51. The molecule has 1 aliphatic heterocycles. The molecule has 2 aliphatic rings. The van der Waals surface area contributed by atoms with E-state index < -0.39 is 0 Å². The van der Waals surface area contributed by atoms with Crippen molar-refractivity contribution in [3.63, 3.8) is 0 Å². The average Bonchev–Trinajstić information content (AvgIpc) is 3.20. The van der Waals surface area contributed by atoms with Crippen LogP contribution in [0.3, 0.4) is 0 Å². The van der Waals surface area contributed by atoms with Crippen molar-refractivity contribution < 1.29 is 9.59 Å². The van der Waals surface area contributed by atoms with Crippen LogP contribution in [0.1, 0.15) is 44.3 Å². The standard InChI is InChI=1S/C18H18BrN3O2S/c1-21(2)17(24)14-9-25-15(20-14)8-22-10-18(5-6-18)13-7-11(19)3-4-12(13)16(22)23/h3-4,7,9H,5-6,8,10H2,1-2H3. The Balaban J connectivity index is 1.59. The maximum Gasteiger partial charge on any atom is 0.272 e. The third-order valence-corrected chi connectivity index (χ3v) is 6.25. The SMILES string of the molecule is CN(C)C(=O)c1csc(CN2CC3(CC3)c3cc(Br)ccc3C2=O)n1. The van der Waals surface area contributed by atoms with E-state index in [1.807, 2.05) is 17.0 Å². The lowest BCUT2D eigenvalue weighted by molar-refractivity contribution is 0.0698. The second-order valence-corrected chi connectivity index (χ2v) is 8.82. The highest BCUT2D eigenvalue weighted by atomic mass is 79.9. The van der Waals surface area contributed by atoms with Crippen LogP contribution in [0.2, 0.25) is 0 Å². The maximum atomic E-state index is 12.9. The van der Waals surface area contributed by atoms with E-state index in [1.54, 1.807) is 19.5 Å². The first kappa shape index (κ1) is 16.7. The first-order valence-electron chi connectivity index (χ1n) is 8.15. The van der Waals surface area contributed by atoms with Gasteiger partial charge in [-0.25, -0.2) is 4.98 Å². The van der Waals surface area contributed by atoms with E-state index in [0.717, 1.165) is 34.4 Å². The molecule has 2 amide bonds. The van der Waals surface area contributed by atoms with Gasteiger partial charge >= 0.3 is 0 Å². The Morgan fingerprint density at radius 3 is 2.84 bits per heavy atom. The maximum absolute atomic E-state index is 12.9. The molecule has 4 rings (SSSR count). The van der Waals surface area contributed by atoms with Gasteiger partial charge in [0.25, 0.3) is 11.8 Å². The van der Waals surface area contributed by atoms with Crippen molar-refractivity contribution in [1.82, 2.24) is 14.8 Å². The van der Waals surface area contributed by atoms with Crippen molar-refractivity contribution in [1.29, 1.82) is 0 Å². The van der Waals surface area contributed by atoms with Gasteiger partial charge in [-0.2, -0.15) is 0 Å². The first-order valence-corrected chi connectivity index (χ1v) is 9.82. The molecule has 2 heterocycles. The van der Waals surface area contributed by atoms with E-state index in [4.69, 9.17) is 0 Å². The highest BCUT2D eigenvalue weighted by Crippen LogP contribution is 2.53. The molecule has 1 aromatic carbocycles. The molecular formula is C18H18BrN3O2S. The van der Waals surface area contributed by atoms with Crippen molar-refractivity contribution >= 4 is 39.1 Å². The number of hydrogen-bond acceptors (Lipinski definition) is 4. The Morgan fingerprint density at radius 2 is 2.16 bits per heavy atom. The van der Waals surface area contributed by atoms with Crippen molar-refractivity contribution in [3.8, 4) is 0 Å². The number of nitrogens with zero attached hydrogens (tertiary/aromatic N) is 3. The summed E-state index contributed by atoms with van der Waals surface area (Å²) in [5, 5.41) is 2.57. The Morgan fingerprint density at radius 1 is 1.40 bits per heavy atom. The summed E-state index contributed by atoms with van der Waals surface area (Å²) < 4.78 is 1.02. The Hall–Kier alpha value is -1.73. The summed E-state index contributed by atoms with van der Waals surface area (Å²) in [6.07, 6.45) is 2.23. The fourth-order valence-electron chi connectivity index (χ4n) is 3.41. The molecule has 0 atom stereocenters. The second-order valence-electron chi connectivity index (χ2n) is 6.96. The molecule has 0 bridgehead atoms. The second kappa shape index (κ2) is 5.92. The largest absolute Gasteiger partial charge is 0.343 e. The van der Waals surface area contributed by atoms with Crippen LogP contribution in [0.5, 0.6) is 0 Å². The quantitative estimate of drug-likeness (QED) is 0.766. The van der Waals surface area contributed by atoms with Crippen LogP contribution in [0, 0.1) is 0 Å². The van der Waals surface area contributed by atoms with Gasteiger partial charge in [0.05, 0.1) is 6.54 Å². The molecule has 25 heavy (non-hydrogen) atoms. The summed E-state index contributed by atoms with van der Waals surface area (Å²) in [4.78, 5) is 32.7. The molecular weight excluding hydrogens is 402 g/mol. The first-order chi connectivity index (χ1) is 11.9. The van der Waals surface area contributed by atoms with Gasteiger partial charge in [-0.05, 0) is 36.6 Å². The predicted molar refractivity (Wildman–Crippen MR) is 99.9 cm³/mol. The molecule has 0 saturated heterocycles.